The maximum atomic E-state index is 13.8. The van der Waals surface area contributed by atoms with Gasteiger partial charge in [0.25, 0.3) is 5.91 Å². The van der Waals surface area contributed by atoms with Crippen molar-refractivity contribution in [2.24, 2.45) is 0 Å². The van der Waals surface area contributed by atoms with Crippen LogP contribution in [0.5, 0.6) is 0 Å². The van der Waals surface area contributed by atoms with Gasteiger partial charge in [0.1, 0.15) is 5.82 Å². The fourth-order valence-corrected chi connectivity index (χ4v) is 2.70. The van der Waals surface area contributed by atoms with Crippen molar-refractivity contribution >= 4 is 18.3 Å². The average Bonchev–Trinajstić information content (AvgIpc) is 2.59. The first-order valence-electron chi connectivity index (χ1n) is 7.97. The molecule has 1 amide bonds. The van der Waals surface area contributed by atoms with Gasteiger partial charge in [0.15, 0.2) is 0 Å². The van der Waals surface area contributed by atoms with Gasteiger partial charge in [-0.3, -0.25) is 4.79 Å². The van der Waals surface area contributed by atoms with Crippen molar-refractivity contribution in [3.8, 4) is 0 Å². The molecular weight excluding hydrogens is 335 g/mol. The molecule has 136 valence electrons. The second-order valence-electron chi connectivity index (χ2n) is 5.71. The van der Waals surface area contributed by atoms with Crippen LogP contribution in [-0.2, 0) is 16.1 Å². The highest BCUT2D eigenvalue weighted by atomic mass is 35.5. The molecular formula is C17H26ClFN2O3. The highest BCUT2D eigenvalue weighted by Crippen LogP contribution is 2.17. The zero-order valence-corrected chi connectivity index (χ0v) is 15.0. The van der Waals surface area contributed by atoms with Crippen LogP contribution in [0.15, 0.2) is 18.2 Å². The third kappa shape index (κ3) is 5.70. The standard InChI is InChI=1S/C17H25FN2O3.ClH/c1-19-15-5-7-20(8-6-15)17(21)13-3-4-16(18)14(11-13)12-23-10-9-22-2;/h3-4,11,15,19H,5-10,12H2,1-2H3;1H. The number of halogens is 2. The molecule has 0 unspecified atom stereocenters. The summed E-state index contributed by atoms with van der Waals surface area (Å²) in [7, 11) is 3.53. The monoisotopic (exact) mass is 360 g/mol. The molecule has 1 N–H and O–H groups in total. The Morgan fingerprint density at radius 3 is 2.67 bits per heavy atom. The summed E-state index contributed by atoms with van der Waals surface area (Å²) in [5, 5.41) is 3.24. The number of methoxy groups -OCH3 is 1. The molecule has 2 rings (SSSR count). The molecule has 1 fully saturated rings. The van der Waals surface area contributed by atoms with Gasteiger partial charge in [-0.25, -0.2) is 4.39 Å². The summed E-state index contributed by atoms with van der Waals surface area (Å²) >= 11 is 0. The minimum absolute atomic E-state index is 0. The molecule has 1 aliphatic rings. The Morgan fingerprint density at radius 2 is 2.04 bits per heavy atom. The Balaban J connectivity index is 0.00000288. The van der Waals surface area contributed by atoms with Crippen LogP contribution in [0.4, 0.5) is 4.39 Å². The minimum atomic E-state index is -0.354. The van der Waals surface area contributed by atoms with Crippen LogP contribution in [0.1, 0.15) is 28.8 Å². The third-order valence-electron chi connectivity index (χ3n) is 4.17. The fraction of sp³-hybridized carbons (Fsp3) is 0.588. The summed E-state index contributed by atoms with van der Waals surface area (Å²) in [4.78, 5) is 14.4. The predicted octanol–water partition coefficient (Wildman–Crippen LogP) is 2.23. The summed E-state index contributed by atoms with van der Waals surface area (Å²) in [5.41, 5.74) is 0.914. The van der Waals surface area contributed by atoms with Crippen molar-refractivity contribution in [3.63, 3.8) is 0 Å². The lowest BCUT2D eigenvalue weighted by Crippen LogP contribution is -2.44. The van der Waals surface area contributed by atoms with Crippen LogP contribution >= 0.6 is 12.4 Å². The largest absolute Gasteiger partial charge is 0.382 e. The number of ether oxygens (including phenoxy) is 2. The second kappa shape index (κ2) is 10.6. The number of piperidine rings is 1. The van der Waals surface area contributed by atoms with E-state index in [-0.39, 0.29) is 30.7 Å². The third-order valence-corrected chi connectivity index (χ3v) is 4.17. The Labute approximate surface area is 148 Å². The SMILES string of the molecule is CNC1CCN(C(=O)c2ccc(F)c(COCCOC)c2)CC1.Cl. The summed E-state index contributed by atoms with van der Waals surface area (Å²) in [6, 6.07) is 4.94. The van der Waals surface area contributed by atoms with Gasteiger partial charge in [-0.05, 0) is 38.1 Å². The summed E-state index contributed by atoms with van der Waals surface area (Å²) < 4.78 is 24.1. The summed E-state index contributed by atoms with van der Waals surface area (Å²) in [6.07, 6.45) is 1.88. The molecule has 1 aromatic rings. The normalized spacial score (nSPS) is 15.2. The molecule has 1 saturated heterocycles. The van der Waals surface area contributed by atoms with E-state index in [4.69, 9.17) is 9.47 Å². The van der Waals surface area contributed by atoms with E-state index >= 15 is 0 Å². The Kier molecular flexibility index (Phi) is 9.21. The Morgan fingerprint density at radius 1 is 1.33 bits per heavy atom. The smallest absolute Gasteiger partial charge is 0.253 e. The highest BCUT2D eigenvalue weighted by Gasteiger charge is 2.23. The van der Waals surface area contributed by atoms with Crippen LogP contribution in [0.3, 0.4) is 0 Å². The van der Waals surface area contributed by atoms with E-state index in [9.17, 15) is 9.18 Å². The van der Waals surface area contributed by atoms with Gasteiger partial charge >= 0.3 is 0 Å². The van der Waals surface area contributed by atoms with E-state index in [1.807, 2.05) is 11.9 Å². The zero-order chi connectivity index (χ0) is 16.7. The molecule has 24 heavy (non-hydrogen) atoms. The van der Waals surface area contributed by atoms with Crippen LogP contribution in [0.25, 0.3) is 0 Å². The minimum Gasteiger partial charge on any atom is -0.382 e. The topological polar surface area (TPSA) is 50.8 Å². The van der Waals surface area contributed by atoms with Gasteiger partial charge in [-0.1, -0.05) is 0 Å². The lowest BCUT2D eigenvalue weighted by atomic mass is 10.0. The van der Waals surface area contributed by atoms with Crippen LogP contribution < -0.4 is 5.32 Å². The van der Waals surface area contributed by atoms with E-state index in [0.29, 0.717) is 30.4 Å². The Bertz CT molecular complexity index is 523. The van der Waals surface area contributed by atoms with Crippen molar-refractivity contribution in [1.82, 2.24) is 10.2 Å². The van der Waals surface area contributed by atoms with E-state index < -0.39 is 0 Å². The number of nitrogens with zero attached hydrogens (tertiary/aromatic N) is 1. The molecule has 0 radical (unpaired) electrons. The number of carbonyl (C=O) groups excluding carboxylic acids is 1. The fourth-order valence-electron chi connectivity index (χ4n) is 2.70. The van der Waals surface area contributed by atoms with E-state index in [2.05, 4.69) is 5.32 Å². The van der Waals surface area contributed by atoms with E-state index in [0.717, 1.165) is 25.9 Å². The van der Waals surface area contributed by atoms with Gasteiger partial charge in [-0.15, -0.1) is 12.4 Å². The molecule has 0 atom stereocenters. The Hall–Kier alpha value is -1.21. The molecule has 0 saturated carbocycles. The van der Waals surface area contributed by atoms with Gasteiger partial charge < -0.3 is 19.7 Å². The first kappa shape index (κ1) is 20.8. The average molecular weight is 361 g/mol. The molecule has 1 aromatic carbocycles. The first-order valence-corrected chi connectivity index (χ1v) is 7.97. The maximum absolute atomic E-state index is 13.8. The number of hydrogen-bond donors (Lipinski definition) is 1. The molecule has 0 aliphatic carbocycles. The maximum Gasteiger partial charge on any atom is 0.253 e. The molecule has 0 bridgehead atoms. The number of hydrogen-bond acceptors (Lipinski definition) is 4. The molecule has 1 heterocycles. The van der Waals surface area contributed by atoms with Crippen molar-refractivity contribution in [2.75, 3.05) is 40.5 Å². The van der Waals surface area contributed by atoms with Crippen LogP contribution in [0.2, 0.25) is 0 Å². The van der Waals surface area contributed by atoms with Crippen molar-refractivity contribution in [3.05, 3.63) is 35.1 Å². The molecule has 0 aromatic heterocycles. The lowest BCUT2D eigenvalue weighted by Gasteiger charge is -2.32. The lowest BCUT2D eigenvalue weighted by molar-refractivity contribution is 0.0602. The van der Waals surface area contributed by atoms with Crippen molar-refractivity contribution in [2.45, 2.75) is 25.5 Å². The summed E-state index contributed by atoms with van der Waals surface area (Å²) in [6.45, 7) is 2.44. The van der Waals surface area contributed by atoms with Crippen molar-refractivity contribution < 1.29 is 18.7 Å². The number of nitrogens with one attached hydrogen (secondary N) is 1. The molecule has 7 heteroatoms. The number of likely N-dealkylation sites (tertiary alicyclic amines) is 1. The number of rotatable bonds is 7. The molecule has 5 nitrogen and oxygen atoms in total. The number of amides is 1. The molecule has 1 aliphatic heterocycles. The second-order valence-corrected chi connectivity index (χ2v) is 5.71. The summed E-state index contributed by atoms with van der Waals surface area (Å²) in [5.74, 6) is -0.398. The van der Waals surface area contributed by atoms with Crippen LogP contribution in [0, 0.1) is 5.82 Å². The van der Waals surface area contributed by atoms with Gasteiger partial charge in [0, 0.05) is 37.4 Å². The highest BCUT2D eigenvalue weighted by molar-refractivity contribution is 5.94. The van der Waals surface area contributed by atoms with Gasteiger partial charge in [0.2, 0.25) is 0 Å². The quantitative estimate of drug-likeness (QED) is 0.758. The van der Waals surface area contributed by atoms with Gasteiger partial charge in [-0.2, -0.15) is 0 Å². The van der Waals surface area contributed by atoms with Crippen molar-refractivity contribution in [1.29, 1.82) is 0 Å². The molecule has 0 spiro atoms. The van der Waals surface area contributed by atoms with E-state index in [1.54, 1.807) is 19.2 Å². The van der Waals surface area contributed by atoms with E-state index in [1.165, 1.54) is 6.07 Å². The first-order chi connectivity index (χ1) is 11.2. The predicted molar refractivity (Wildman–Crippen MR) is 93.2 cm³/mol. The number of benzene rings is 1. The van der Waals surface area contributed by atoms with Gasteiger partial charge in [0.05, 0.1) is 19.8 Å². The zero-order valence-electron chi connectivity index (χ0n) is 14.2. The van der Waals surface area contributed by atoms with Crippen LogP contribution in [-0.4, -0.2) is 57.3 Å². The number of carbonyl (C=O) groups is 1.